The second-order valence-corrected chi connectivity index (χ2v) is 10.3. The zero-order chi connectivity index (χ0) is 30.2. The summed E-state index contributed by atoms with van der Waals surface area (Å²) in [6.45, 7) is 3.05. The number of H-pyrrole nitrogens is 1. The molecule has 6 nitrogen and oxygen atoms in total. The summed E-state index contributed by atoms with van der Waals surface area (Å²) >= 11 is 0. The van der Waals surface area contributed by atoms with Crippen LogP contribution in [0.4, 0.5) is 17.6 Å². The predicted molar refractivity (Wildman–Crippen MR) is 159 cm³/mol. The van der Waals surface area contributed by atoms with Gasteiger partial charge >= 0.3 is 6.18 Å². The van der Waals surface area contributed by atoms with Crippen LogP contribution in [-0.4, -0.2) is 60.0 Å². The molecule has 1 aromatic heterocycles. The van der Waals surface area contributed by atoms with Crippen LogP contribution in [0, 0.1) is 5.95 Å². The van der Waals surface area contributed by atoms with Crippen LogP contribution in [-0.2, 0) is 4.79 Å². The number of hydrogen-bond acceptors (Lipinski definition) is 4. The number of aromatic nitrogens is 2. The van der Waals surface area contributed by atoms with Crippen LogP contribution in [0.25, 0.3) is 22.0 Å². The second-order valence-electron chi connectivity index (χ2n) is 10.3. The Labute approximate surface area is 247 Å². The lowest BCUT2D eigenvalue weighted by Crippen LogP contribution is -2.26. The van der Waals surface area contributed by atoms with Gasteiger partial charge in [0.1, 0.15) is 12.4 Å². The second kappa shape index (κ2) is 13.7. The quantitative estimate of drug-likeness (QED) is 0.0874. The Morgan fingerprint density at radius 1 is 0.977 bits per heavy atom. The molecular formula is C33H32F4N4O2. The van der Waals surface area contributed by atoms with Gasteiger partial charge in [0, 0.05) is 32.3 Å². The van der Waals surface area contributed by atoms with Crippen molar-refractivity contribution in [2.75, 3.05) is 32.8 Å². The zero-order valence-electron chi connectivity index (χ0n) is 23.5. The smallest absolute Gasteiger partial charge is 0.393 e. The molecule has 1 aliphatic rings. The summed E-state index contributed by atoms with van der Waals surface area (Å²) < 4.78 is 62.0. The minimum absolute atomic E-state index is 0.0320. The number of nitrogens with zero attached hydrogens (tertiary/aromatic N) is 2. The Balaban J connectivity index is 1.34. The fraction of sp³-hybridized carbons (Fsp3) is 0.273. The highest BCUT2D eigenvalue weighted by atomic mass is 19.4. The summed E-state index contributed by atoms with van der Waals surface area (Å²) in [5.41, 5.74) is 2.25. The SMILES string of the molecule is O=C(/C=C/CNCCOc1ccc(/C(=C(/CC(F)(F)F)c2ccccc2)c2ccc3[nH]nc(F)c3c2)cc1)N1CCCC1. The van der Waals surface area contributed by atoms with Crippen molar-refractivity contribution in [1.82, 2.24) is 20.4 Å². The van der Waals surface area contributed by atoms with Crippen LogP contribution in [0.1, 0.15) is 36.0 Å². The summed E-state index contributed by atoms with van der Waals surface area (Å²) in [5.74, 6) is -0.137. The summed E-state index contributed by atoms with van der Waals surface area (Å²) in [4.78, 5) is 13.9. The fourth-order valence-electron chi connectivity index (χ4n) is 5.17. The first-order chi connectivity index (χ1) is 20.8. The first kappa shape index (κ1) is 30.0. The van der Waals surface area contributed by atoms with Crippen molar-refractivity contribution in [2.45, 2.75) is 25.4 Å². The Bertz CT molecular complexity index is 1590. The Hall–Kier alpha value is -4.44. The van der Waals surface area contributed by atoms with E-state index in [9.17, 15) is 22.4 Å². The van der Waals surface area contributed by atoms with Crippen LogP contribution < -0.4 is 10.1 Å². The van der Waals surface area contributed by atoms with E-state index in [-0.39, 0.29) is 16.9 Å². The van der Waals surface area contributed by atoms with E-state index in [0.29, 0.717) is 53.2 Å². The normalized spacial score (nSPS) is 14.5. The summed E-state index contributed by atoms with van der Waals surface area (Å²) in [7, 11) is 0. The molecule has 0 saturated carbocycles. The number of hydrogen-bond donors (Lipinski definition) is 2. The van der Waals surface area contributed by atoms with Gasteiger partial charge in [-0.1, -0.05) is 54.6 Å². The third-order valence-corrected chi connectivity index (χ3v) is 7.24. The number of carbonyl (C=O) groups is 1. The first-order valence-corrected chi connectivity index (χ1v) is 14.2. The standard InChI is InChI=1S/C33H32F4N4O2/c34-32-27-21-25(12-15-29(27)39-40-32)31(28(22-33(35,36)37)23-7-2-1-3-8-23)24-10-13-26(14-11-24)43-20-17-38-16-6-9-30(42)41-18-4-5-19-41/h1-3,6-15,21,38H,4-5,16-20,22H2,(H,39,40)/b9-6+,31-28+. The maximum atomic E-state index is 14.4. The number of nitrogens with one attached hydrogen (secondary N) is 2. The number of allylic oxidation sites excluding steroid dienone is 1. The lowest BCUT2D eigenvalue weighted by molar-refractivity contribution is -0.125. The van der Waals surface area contributed by atoms with E-state index in [1.54, 1.807) is 78.9 Å². The number of halogens is 4. The van der Waals surface area contributed by atoms with Crippen molar-refractivity contribution in [1.29, 1.82) is 0 Å². The number of aromatic amines is 1. The molecule has 10 heteroatoms. The molecule has 224 valence electrons. The number of carbonyl (C=O) groups excluding carboxylic acids is 1. The third-order valence-electron chi connectivity index (χ3n) is 7.24. The number of alkyl halides is 3. The summed E-state index contributed by atoms with van der Waals surface area (Å²) in [6, 6.07) is 20.0. The largest absolute Gasteiger partial charge is 0.492 e. The average Bonchev–Trinajstić information content (AvgIpc) is 3.67. The molecule has 0 bridgehead atoms. The predicted octanol–water partition coefficient (Wildman–Crippen LogP) is 6.76. The molecule has 1 amide bonds. The van der Waals surface area contributed by atoms with Crippen LogP contribution in [0.5, 0.6) is 5.75 Å². The van der Waals surface area contributed by atoms with Crippen LogP contribution in [0.2, 0.25) is 0 Å². The van der Waals surface area contributed by atoms with E-state index in [0.717, 1.165) is 25.9 Å². The minimum Gasteiger partial charge on any atom is -0.492 e. The van der Waals surface area contributed by atoms with Crippen LogP contribution in [0.15, 0.2) is 84.9 Å². The maximum Gasteiger partial charge on any atom is 0.393 e. The molecule has 1 fully saturated rings. The van der Waals surface area contributed by atoms with Crippen molar-refractivity contribution in [3.63, 3.8) is 0 Å². The number of amides is 1. The summed E-state index contributed by atoms with van der Waals surface area (Å²) in [6.07, 6.45) is -0.160. The van der Waals surface area contributed by atoms with Gasteiger partial charge in [-0.05, 0) is 64.9 Å². The van der Waals surface area contributed by atoms with E-state index in [1.165, 1.54) is 6.07 Å². The average molecular weight is 593 g/mol. The van der Waals surface area contributed by atoms with Crippen molar-refractivity contribution < 1.29 is 27.1 Å². The van der Waals surface area contributed by atoms with Gasteiger partial charge in [0.25, 0.3) is 0 Å². The van der Waals surface area contributed by atoms with E-state index >= 15 is 0 Å². The monoisotopic (exact) mass is 592 g/mol. The minimum atomic E-state index is -4.48. The molecule has 1 saturated heterocycles. The number of rotatable bonds is 11. The van der Waals surface area contributed by atoms with Crippen molar-refractivity contribution in [3.05, 3.63) is 108 Å². The van der Waals surface area contributed by atoms with Gasteiger partial charge in [-0.3, -0.25) is 9.89 Å². The van der Waals surface area contributed by atoms with Gasteiger partial charge < -0.3 is 15.0 Å². The van der Waals surface area contributed by atoms with E-state index in [2.05, 4.69) is 15.5 Å². The van der Waals surface area contributed by atoms with Crippen molar-refractivity contribution in [2.24, 2.45) is 0 Å². The number of likely N-dealkylation sites (tertiary alicyclic amines) is 1. The molecule has 3 aromatic carbocycles. The van der Waals surface area contributed by atoms with Crippen molar-refractivity contribution >= 4 is 28.0 Å². The highest BCUT2D eigenvalue weighted by Gasteiger charge is 2.31. The molecule has 2 heterocycles. The molecule has 0 atom stereocenters. The van der Waals surface area contributed by atoms with Gasteiger partial charge in [-0.2, -0.15) is 17.6 Å². The van der Waals surface area contributed by atoms with Crippen molar-refractivity contribution in [3.8, 4) is 5.75 Å². The lowest BCUT2D eigenvalue weighted by atomic mass is 9.87. The molecule has 0 radical (unpaired) electrons. The number of benzene rings is 3. The van der Waals surface area contributed by atoms with Crippen LogP contribution in [0.3, 0.4) is 0 Å². The molecule has 0 spiro atoms. The third kappa shape index (κ3) is 7.90. The number of fused-ring (bicyclic) bond motifs is 1. The van der Waals surface area contributed by atoms with Gasteiger partial charge in [0.15, 0.2) is 0 Å². The Kier molecular flexibility index (Phi) is 9.56. The molecule has 43 heavy (non-hydrogen) atoms. The fourth-order valence-corrected chi connectivity index (χ4v) is 5.17. The topological polar surface area (TPSA) is 70.2 Å². The molecule has 0 unspecified atom stereocenters. The van der Waals surface area contributed by atoms with Gasteiger partial charge in [0.2, 0.25) is 11.9 Å². The molecule has 4 aromatic rings. The van der Waals surface area contributed by atoms with E-state index < -0.39 is 18.5 Å². The van der Waals surface area contributed by atoms with Gasteiger partial charge in [-0.15, -0.1) is 5.10 Å². The number of ether oxygens (including phenoxy) is 1. The molecule has 1 aliphatic heterocycles. The Morgan fingerprint density at radius 2 is 1.70 bits per heavy atom. The van der Waals surface area contributed by atoms with Gasteiger partial charge in [0.05, 0.1) is 17.3 Å². The first-order valence-electron chi connectivity index (χ1n) is 14.2. The molecule has 5 rings (SSSR count). The molecule has 2 N–H and O–H groups in total. The zero-order valence-corrected chi connectivity index (χ0v) is 23.5. The lowest BCUT2D eigenvalue weighted by Gasteiger charge is -2.19. The molecule has 0 aliphatic carbocycles. The summed E-state index contributed by atoms with van der Waals surface area (Å²) in [5, 5.41) is 9.56. The van der Waals surface area contributed by atoms with Gasteiger partial charge in [-0.25, -0.2) is 0 Å². The maximum absolute atomic E-state index is 14.4. The van der Waals surface area contributed by atoms with Crippen LogP contribution >= 0.6 is 0 Å². The molecular weight excluding hydrogens is 560 g/mol. The highest BCUT2D eigenvalue weighted by Crippen LogP contribution is 2.40. The Morgan fingerprint density at radius 3 is 2.42 bits per heavy atom. The highest BCUT2D eigenvalue weighted by molar-refractivity contribution is 6.00. The van der Waals surface area contributed by atoms with E-state index in [1.807, 2.05) is 4.90 Å². The van der Waals surface area contributed by atoms with E-state index in [4.69, 9.17) is 4.74 Å².